The minimum atomic E-state index is -0.409. The fourth-order valence-corrected chi connectivity index (χ4v) is 3.09. The lowest BCUT2D eigenvalue weighted by Crippen LogP contribution is -2.26. The van der Waals surface area contributed by atoms with E-state index in [1.165, 1.54) is 0 Å². The van der Waals surface area contributed by atoms with Crippen LogP contribution in [-0.2, 0) is 11.2 Å². The van der Waals surface area contributed by atoms with Crippen molar-refractivity contribution in [3.8, 4) is 11.5 Å². The average molecular weight is 425 g/mol. The molecule has 0 saturated heterocycles. The van der Waals surface area contributed by atoms with Crippen LogP contribution in [0.3, 0.4) is 0 Å². The van der Waals surface area contributed by atoms with E-state index in [2.05, 4.69) is 6.58 Å². The Balaban J connectivity index is 2.53. The van der Waals surface area contributed by atoms with E-state index in [-0.39, 0.29) is 11.7 Å². The number of allylic oxidation sites excluding steroid dienone is 6. The summed E-state index contributed by atoms with van der Waals surface area (Å²) in [5.41, 5.74) is 0.951. The topological polar surface area (TPSA) is 35.5 Å². The van der Waals surface area contributed by atoms with Gasteiger partial charge in [0.2, 0.25) is 0 Å². The van der Waals surface area contributed by atoms with Crippen LogP contribution in [0.5, 0.6) is 11.5 Å². The lowest BCUT2D eigenvalue weighted by Gasteiger charge is -2.28. The second kappa shape index (κ2) is 9.57. The van der Waals surface area contributed by atoms with E-state index in [1.54, 1.807) is 24.3 Å². The summed E-state index contributed by atoms with van der Waals surface area (Å²) in [5, 5.41) is 0. The smallest absolute Gasteiger partial charge is 0.166 e. The monoisotopic (exact) mass is 424 g/mol. The summed E-state index contributed by atoms with van der Waals surface area (Å²) >= 11 is 5.12. The molecule has 1 aromatic carbocycles. The van der Waals surface area contributed by atoms with Crippen molar-refractivity contribution in [2.75, 3.05) is 0 Å². The van der Waals surface area contributed by atoms with Gasteiger partial charge in [-0.15, -0.1) is 6.58 Å². The Kier molecular flexibility index (Phi) is 7.59. The van der Waals surface area contributed by atoms with Crippen molar-refractivity contribution < 1.29 is 14.3 Å². The van der Waals surface area contributed by atoms with E-state index < -0.39 is 11.2 Å². The molecule has 0 aliphatic heterocycles. The Morgan fingerprint density at radius 1 is 1.07 bits per heavy atom. The molecule has 3 nitrogen and oxygen atoms in total. The number of hydrogen-bond acceptors (Lipinski definition) is 4. The SMILES string of the molecule is C=CCc1ccc(OC(C)(C)C)c(/C=C/C(=O)C2C=CC(=S)C=C2)c1OC(C)(C)C. The molecule has 0 bridgehead atoms. The Hall–Kier alpha value is -2.46. The number of ketones is 1. The van der Waals surface area contributed by atoms with Crippen LogP contribution in [0.4, 0.5) is 0 Å². The molecular formula is C26H32O3S. The zero-order valence-corrected chi connectivity index (χ0v) is 19.6. The van der Waals surface area contributed by atoms with Gasteiger partial charge in [-0.05, 0) is 83.9 Å². The largest absolute Gasteiger partial charge is 0.487 e. The molecule has 0 saturated carbocycles. The van der Waals surface area contributed by atoms with E-state index in [0.29, 0.717) is 17.9 Å². The summed E-state index contributed by atoms with van der Waals surface area (Å²) in [7, 11) is 0. The third kappa shape index (κ3) is 7.10. The zero-order valence-electron chi connectivity index (χ0n) is 18.8. The van der Waals surface area contributed by atoms with Gasteiger partial charge < -0.3 is 9.47 Å². The first-order valence-electron chi connectivity index (χ1n) is 10.2. The lowest BCUT2D eigenvalue weighted by molar-refractivity contribution is -0.115. The molecule has 0 radical (unpaired) electrons. The fraction of sp³-hybridized carbons (Fsp3) is 0.385. The van der Waals surface area contributed by atoms with Crippen molar-refractivity contribution >= 4 is 28.9 Å². The van der Waals surface area contributed by atoms with Gasteiger partial charge in [0, 0.05) is 4.86 Å². The van der Waals surface area contributed by atoms with E-state index in [4.69, 9.17) is 21.7 Å². The number of carbonyl (C=O) groups excluding carboxylic acids is 1. The predicted molar refractivity (Wildman–Crippen MR) is 130 cm³/mol. The highest BCUT2D eigenvalue weighted by molar-refractivity contribution is 7.81. The van der Waals surface area contributed by atoms with Gasteiger partial charge in [-0.1, -0.05) is 36.5 Å². The Morgan fingerprint density at radius 3 is 2.20 bits per heavy atom. The van der Waals surface area contributed by atoms with Gasteiger partial charge >= 0.3 is 0 Å². The maximum atomic E-state index is 12.8. The second-order valence-corrected chi connectivity index (χ2v) is 9.74. The number of ether oxygens (including phenoxy) is 2. The molecule has 30 heavy (non-hydrogen) atoms. The number of hydrogen-bond donors (Lipinski definition) is 0. The number of rotatable bonds is 7. The van der Waals surface area contributed by atoms with Crippen molar-refractivity contribution in [2.24, 2.45) is 5.92 Å². The second-order valence-electron chi connectivity index (χ2n) is 9.27. The molecule has 0 N–H and O–H groups in total. The Labute approximate surface area is 186 Å². The number of benzene rings is 1. The molecule has 0 heterocycles. The molecule has 1 aliphatic rings. The van der Waals surface area contributed by atoms with Gasteiger partial charge in [0.1, 0.15) is 22.7 Å². The number of thiocarbonyl (C=S) groups is 1. The molecule has 0 unspecified atom stereocenters. The summed E-state index contributed by atoms with van der Waals surface area (Å²) in [6, 6.07) is 3.93. The molecule has 1 aliphatic carbocycles. The minimum Gasteiger partial charge on any atom is -0.487 e. The van der Waals surface area contributed by atoms with Crippen LogP contribution in [-0.4, -0.2) is 21.8 Å². The minimum absolute atomic E-state index is 0.0254. The van der Waals surface area contributed by atoms with Gasteiger partial charge in [-0.3, -0.25) is 4.79 Å². The summed E-state index contributed by atoms with van der Waals surface area (Å²) in [4.78, 5) is 13.5. The van der Waals surface area contributed by atoms with Crippen LogP contribution in [0, 0.1) is 5.92 Å². The van der Waals surface area contributed by atoms with Crippen molar-refractivity contribution in [1.82, 2.24) is 0 Å². The van der Waals surface area contributed by atoms with E-state index in [1.807, 2.05) is 71.9 Å². The van der Waals surface area contributed by atoms with Gasteiger partial charge in [0.15, 0.2) is 5.78 Å². The van der Waals surface area contributed by atoms with Crippen LogP contribution >= 0.6 is 12.2 Å². The highest BCUT2D eigenvalue weighted by Crippen LogP contribution is 2.38. The quantitative estimate of drug-likeness (QED) is 0.286. The van der Waals surface area contributed by atoms with Gasteiger partial charge in [0.25, 0.3) is 0 Å². The molecular weight excluding hydrogens is 392 g/mol. The summed E-state index contributed by atoms with van der Waals surface area (Å²) in [6.07, 6.45) is 13.1. The number of carbonyl (C=O) groups is 1. The molecule has 1 aromatic rings. The molecule has 0 fully saturated rings. The highest BCUT2D eigenvalue weighted by Gasteiger charge is 2.23. The third-order valence-electron chi connectivity index (χ3n) is 4.10. The van der Waals surface area contributed by atoms with Crippen LogP contribution in [0.25, 0.3) is 6.08 Å². The average Bonchev–Trinajstić information content (AvgIpc) is 2.61. The fourth-order valence-electron chi connectivity index (χ4n) is 2.93. The maximum Gasteiger partial charge on any atom is 0.166 e. The Morgan fingerprint density at radius 2 is 1.67 bits per heavy atom. The Bertz CT molecular complexity index is 889. The zero-order chi connectivity index (χ0) is 22.5. The van der Waals surface area contributed by atoms with Crippen LogP contribution in [0.1, 0.15) is 52.7 Å². The standard InChI is InChI=1S/C26H32O3S/c1-8-9-19-12-17-23(28-25(2,3)4)21(24(19)29-26(5,6)7)15-16-22(27)18-10-13-20(30)14-11-18/h8,10-18H,1,9H2,2-7H3/b16-15+. The molecule has 4 heteroatoms. The first-order chi connectivity index (χ1) is 13.9. The lowest BCUT2D eigenvalue weighted by atomic mass is 9.97. The van der Waals surface area contributed by atoms with Crippen molar-refractivity contribution in [3.63, 3.8) is 0 Å². The normalized spacial score (nSPS) is 14.9. The van der Waals surface area contributed by atoms with Crippen LogP contribution < -0.4 is 9.47 Å². The molecule has 0 aromatic heterocycles. The molecule has 0 atom stereocenters. The molecule has 0 amide bonds. The first-order valence-corrected chi connectivity index (χ1v) is 10.6. The van der Waals surface area contributed by atoms with Crippen molar-refractivity contribution in [3.05, 3.63) is 66.3 Å². The van der Waals surface area contributed by atoms with Gasteiger partial charge in [0.05, 0.1) is 11.5 Å². The van der Waals surface area contributed by atoms with Crippen molar-refractivity contribution in [2.45, 2.75) is 59.2 Å². The molecule has 2 rings (SSSR count). The van der Waals surface area contributed by atoms with Crippen LogP contribution in [0.2, 0.25) is 0 Å². The molecule has 160 valence electrons. The third-order valence-corrected chi connectivity index (χ3v) is 4.38. The van der Waals surface area contributed by atoms with E-state index >= 15 is 0 Å². The van der Waals surface area contributed by atoms with Crippen LogP contribution in [0.15, 0.2) is 55.2 Å². The summed E-state index contributed by atoms with van der Waals surface area (Å²) in [5.74, 6) is 1.05. The first kappa shape index (κ1) is 23.8. The van der Waals surface area contributed by atoms with Gasteiger partial charge in [-0.2, -0.15) is 0 Å². The highest BCUT2D eigenvalue weighted by atomic mass is 32.1. The summed E-state index contributed by atoms with van der Waals surface area (Å²) < 4.78 is 12.5. The molecule has 0 spiro atoms. The van der Waals surface area contributed by atoms with Crippen molar-refractivity contribution in [1.29, 1.82) is 0 Å². The predicted octanol–water partition coefficient (Wildman–Crippen LogP) is 6.46. The van der Waals surface area contributed by atoms with E-state index in [9.17, 15) is 4.79 Å². The van der Waals surface area contributed by atoms with E-state index in [0.717, 1.165) is 16.0 Å². The van der Waals surface area contributed by atoms with Gasteiger partial charge in [-0.25, -0.2) is 0 Å². The maximum absolute atomic E-state index is 12.8. The summed E-state index contributed by atoms with van der Waals surface area (Å²) in [6.45, 7) is 15.8.